The Hall–Kier alpha value is -1.38. The van der Waals surface area contributed by atoms with Crippen LogP contribution in [-0.4, -0.2) is 36.5 Å². The fourth-order valence-corrected chi connectivity index (χ4v) is 2.91. The number of rotatable bonds is 2. The number of nitriles is 1. The molecule has 1 aromatic carbocycles. The van der Waals surface area contributed by atoms with Crippen LogP contribution < -0.4 is 5.32 Å². The van der Waals surface area contributed by atoms with Crippen LogP contribution in [0.25, 0.3) is 0 Å². The van der Waals surface area contributed by atoms with Crippen molar-refractivity contribution in [2.45, 2.75) is 25.3 Å². The number of carbonyl (C=O) groups excluding carboxylic acids is 1. The zero-order chi connectivity index (χ0) is 14.8. The maximum atomic E-state index is 12.4. The number of aryl methyl sites for hydroxylation is 1. The highest BCUT2D eigenvalue weighted by Gasteiger charge is 2.35. The molecule has 1 amide bonds. The number of halogens is 1. The number of nitrogens with zero attached hydrogens (tertiary/aromatic N) is 2. The molecular formula is C15H18BrN3O. The Morgan fingerprint density at radius 2 is 2.10 bits per heavy atom. The van der Waals surface area contributed by atoms with Gasteiger partial charge in [-0.2, -0.15) is 5.26 Å². The maximum absolute atomic E-state index is 12.4. The topological polar surface area (TPSA) is 56.1 Å². The Bertz CT molecular complexity index is 557. The van der Waals surface area contributed by atoms with E-state index in [0.29, 0.717) is 18.4 Å². The Labute approximate surface area is 127 Å². The maximum Gasteiger partial charge on any atom is 0.252 e. The van der Waals surface area contributed by atoms with Crippen LogP contribution >= 0.6 is 15.9 Å². The number of hydrogen-bond donors (Lipinski definition) is 1. The number of amides is 1. The SMILES string of the molecule is Cc1cc(Br)ccc1C(=O)NC1(C#N)CCN(C)CC1. The highest BCUT2D eigenvalue weighted by atomic mass is 79.9. The highest BCUT2D eigenvalue weighted by Crippen LogP contribution is 2.22. The molecule has 1 fully saturated rings. The third kappa shape index (κ3) is 3.20. The van der Waals surface area contributed by atoms with Crippen LogP contribution in [0.1, 0.15) is 28.8 Å². The first-order valence-corrected chi connectivity index (χ1v) is 7.43. The summed E-state index contributed by atoms with van der Waals surface area (Å²) in [5, 5.41) is 12.4. The summed E-state index contributed by atoms with van der Waals surface area (Å²) in [5.41, 5.74) is 0.794. The van der Waals surface area contributed by atoms with Crippen LogP contribution in [0.15, 0.2) is 22.7 Å². The monoisotopic (exact) mass is 335 g/mol. The van der Waals surface area contributed by atoms with Gasteiger partial charge < -0.3 is 10.2 Å². The van der Waals surface area contributed by atoms with E-state index in [9.17, 15) is 10.1 Å². The van der Waals surface area contributed by atoms with Gasteiger partial charge in [-0.3, -0.25) is 4.79 Å². The van der Waals surface area contributed by atoms with E-state index in [1.165, 1.54) is 0 Å². The predicted molar refractivity (Wildman–Crippen MR) is 81.4 cm³/mol. The molecule has 1 aliphatic rings. The molecular weight excluding hydrogens is 318 g/mol. The zero-order valence-corrected chi connectivity index (χ0v) is 13.3. The molecule has 0 radical (unpaired) electrons. The zero-order valence-electron chi connectivity index (χ0n) is 11.7. The van der Waals surface area contributed by atoms with Crippen LogP contribution in [-0.2, 0) is 0 Å². The number of carbonyl (C=O) groups is 1. The molecule has 0 bridgehead atoms. The van der Waals surface area contributed by atoms with Crippen LogP contribution in [0.4, 0.5) is 0 Å². The third-order valence-corrected chi connectivity index (χ3v) is 4.33. The van der Waals surface area contributed by atoms with Crippen molar-refractivity contribution in [3.8, 4) is 6.07 Å². The summed E-state index contributed by atoms with van der Waals surface area (Å²) >= 11 is 3.39. The number of likely N-dealkylation sites (tertiary alicyclic amines) is 1. The quantitative estimate of drug-likeness (QED) is 0.903. The van der Waals surface area contributed by atoms with E-state index in [1.807, 2.05) is 26.1 Å². The number of nitrogens with one attached hydrogen (secondary N) is 1. The van der Waals surface area contributed by atoms with E-state index in [0.717, 1.165) is 23.1 Å². The largest absolute Gasteiger partial charge is 0.334 e. The van der Waals surface area contributed by atoms with Crippen LogP contribution in [0.3, 0.4) is 0 Å². The van der Waals surface area contributed by atoms with Gasteiger partial charge in [0.25, 0.3) is 5.91 Å². The van der Waals surface area contributed by atoms with Crippen LogP contribution in [0, 0.1) is 18.3 Å². The van der Waals surface area contributed by atoms with E-state index < -0.39 is 5.54 Å². The first-order valence-electron chi connectivity index (χ1n) is 6.64. The van der Waals surface area contributed by atoms with E-state index >= 15 is 0 Å². The standard InChI is InChI=1S/C15H18BrN3O/c1-11-9-12(16)3-4-13(11)14(20)18-15(10-17)5-7-19(2)8-6-15/h3-4,9H,5-8H2,1-2H3,(H,18,20). The Morgan fingerprint density at radius 3 is 2.65 bits per heavy atom. The molecule has 1 saturated heterocycles. The molecule has 0 saturated carbocycles. The number of piperidine rings is 1. The summed E-state index contributed by atoms with van der Waals surface area (Å²) in [6.07, 6.45) is 1.34. The highest BCUT2D eigenvalue weighted by molar-refractivity contribution is 9.10. The average molecular weight is 336 g/mol. The lowest BCUT2D eigenvalue weighted by atomic mass is 9.88. The van der Waals surface area contributed by atoms with E-state index in [4.69, 9.17) is 0 Å². The molecule has 4 nitrogen and oxygen atoms in total. The molecule has 0 atom stereocenters. The van der Waals surface area contributed by atoms with Crippen molar-refractivity contribution < 1.29 is 4.79 Å². The first-order chi connectivity index (χ1) is 9.46. The van der Waals surface area contributed by atoms with Gasteiger partial charge in [0, 0.05) is 23.1 Å². The summed E-state index contributed by atoms with van der Waals surface area (Å²) in [5.74, 6) is -0.166. The molecule has 1 aromatic rings. The lowest BCUT2D eigenvalue weighted by Gasteiger charge is -2.36. The summed E-state index contributed by atoms with van der Waals surface area (Å²) < 4.78 is 0.945. The molecule has 1 heterocycles. The first kappa shape index (κ1) is 15.0. The molecule has 1 aliphatic heterocycles. The number of hydrogen-bond acceptors (Lipinski definition) is 3. The minimum atomic E-state index is -0.733. The van der Waals surface area contributed by atoms with Gasteiger partial charge in [-0.15, -0.1) is 0 Å². The van der Waals surface area contributed by atoms with Gasteiger partial charge in [0.05, 0.1) is 6.07 Å². The fraction of sp³-hybridized carbons (Fsp3) is 0.467. The molecule has 1 N–H and O–H groups in total. The van der Waals surface area contributed by atoms with E-state index in [1.54, 1.807) is 6.07 Å². The molecule has 106 valence electrons. The molecule has 0 aliphatic carbocycles. The van der Waals surface area contributed by atoms with Crippen LogP contribution in [0.5, 0.6) is 0 Å². The minimum absolute atomic E-state index is 0.166. The summed E-state index contributed by atoms with van der Waals surface area (Å²) in [7, 11) is 2.03. The van der Waals surface area contributed by atoms with E-state index in [-0.39, 0.29) is 5.91 Å². The molecule has 20 heavy (non-hydrogen) atoms. The minimum Gasteiger partial charge on any atom is -0.334 e. The van der Waals surface area contributed by atoms with Crippen molar-refractivity contribution in [3.05, 3.63) is 33.8 Å². The van der Waals surface area contributed by atoms with Gasteiger partial charge in [-0.25, -0.2) is 0 Å². The Kier molecular flexibility index (Phi) is 4.46. The third-order valence-electron chi connectivity index (χ3n) is 3.84. The predicted octanol–water partition coefficient (Wildman–Crippen LogP) is 2.48. The lowest BCUT2D eigenvalue weighted by Crippen LogP contribution is -2.53. The van der Waals surface area contributed by atoms with Crippen molar-refractivity contribution in [2.75, 3.05) is 20.1 Å². The molecule has 0 unspecified atom stereocenters. The second-order valence-electron chi connectivity index (χ2n) is 5.41. The van der Waals surface area contributed by atoms with Gasteiger partial charge in [-0.05, 0) is 50.6 Å². The van der Waals surface area contributed by atoms with Gasteiger partial charge in [0.2, 0.25) is 0 Å². The van der Waals surface area contributed by atoms with Gasteiger partial charge in [-0.1, -0.05) is 15.9 Å². The Balaban J connectivity index is 2.16. The van der Waals surface area contributed by atoms with Crippen LogP contribution in [0.2, 0.25) is 0 Å². The second-order valence-corrected chi connectivity index (χ2v) is 6.33. The average Bonchev–Trinajstić information content (AvgIpc) is 2.41. The van der Waals surface area contributed by atoms with Crippen molar-refractivity contribution in [1.29, 1.82) is 5.26 Å². The summed E-state index contributed by atoms with van der Waals surface area (Å²) in [4.78, 5) is 14.6. The second kappa shape index (κ2) is 5.94. The van der Waals surface area contributed by atoms with Gasteiger partial charge in [0.1, 0.15) is 5.54 Å². The van der Waals surface area contributed by atoms with E-state index in [2.05, 4.69) is 32.2 Å². The lowest BCUT2D eigenvalue weighted by molar-refractivity contribution is 0.0881. The Morgan fingerprint density at radius 1 is 1.45 bits per heavy atom. The molecule has 0 spiro atoms. The summed E-state index contributed by atoms with van der Waals surface area (Å²) in [6, 6.07) is 7.84. The van der Waals surface area contributed by atoms with Crippen molar-refractivity contribution in [3.63, 3.8) is 0 Å². The summed E-state index contributed by atoms with van der Waals surface area (Å²) in [6.45, 7) is 3.55. The molecule has 2 rings (SSSR count). The number of benzene rings is 1. The van der Waals surface area contributed by atoms with Crippen molar-refractivity contribution in [2.24, 2.45) is 0 Å². The fourth-order valence-electron chi connectivity index (χ4n) is 2.43. The smallest absolute Gasteiger partial charge is 0.252 e. The van der Waals surface area contributed by atoms with Gasteiger partial charge >= 0.3 is 0 Å². The molecule has 0 aromatic heterocycles. The van der Waals surface area contributed by atoms with Crippen molar-refractivity contribution in [1.82, 2.24) is 10.2 Å². The normalized spacial score (nSPS) is 18.3. The molecule has 5 heteroatoms. The van der Waals surface area contributed by atoms with Gasteiger partial charge in [0.15, 0.2) is 0 Å². The van der Waals surface area contributed by atoms with Crippen molar-refractivity contribution >= 4 is 21.8 Å².